The first-order valence-corrected chi connectivity index (χ1v) is 7.84. The number of hydrogen-bond acceptors (Lipinski definition) is 5. The van der Waals surface area contributed by atoms with Gasteiger partial charge in [-0.05, 0) is 29.7 Å². The second-order valence-corrected chi connectivity index (χ2v) is 5.76. The molecule has 3 rings (SSSR count). The Morgan fingerprint density at radius 2 is 1.56 bits per heavy atom. The van der Waals surface area contributed by atoms with E-state index in [9.17, 15) is 14.4 Å². The molecule has 0 aromatic heterocycles. The average Bonchev–Trinajstić information content (AvgIpc) is 2.87. The number of ether oxygens (including phenoxy) is 1. The number of rotatable bonds is 5. The summed E-state index contributed by atoms with van der Waals surface area (Å²) in [7, 11) is 1.56. The van der Waals surface area contributed by atoms with Crippen LogP contribution in [0.4, 0.5) is 0 Å². The van der Waals surface area contributed by atoms with Crippen LogP contribution in [0.25, 0.3) is 0 Å². The molecule has 1 aliphatic rings. The zero-order chi connectivity index (χ0) is 18.0. The lowest BCUT2D eigenvalue weighted by molar-refractivity contribution is -0.168. The molecule has 0 fully saturated rings. The van der Waals surface area contributed by atoms with E-state index < -0.39 is 17.8 Å². The van der Waals surface area contributed by atoms with E-state index >= 15 is 0 Å². The van der Waals surface area contributed by atoms with Gasteiger partial charge in [0.25, 0.3) is 11.8 Å². The minimum absolute atomic E-state index is 0.00772. The molecule has 0 N–H and O–H groups in total. The molecule has 128 valence electrons. The highest BCUT2D eigenvalue weighted by molar-refractivity contribution is 6.20. The quantitative estimate of drug-likeness (QED) is 0.783. The van der Waals surface area contributed by atoms with Crippen molar-refractivity contribution in [3.05, 3.63) is 65.2 Å². The Kier molecular flexibility index (Phi) is 4.52. The molecule has 0 radical (unpaired) electrons. The van der Waals surface area contributed by atoms with Gasteiger partial charge in [-0.25, -0.2) is 4.79 Å². The first-order valence-electron chi connectivity index (χ1n) is 7.84. The minimum Gasteiger partial charge on any atom is -0.496 e. The van der Waals surface area contributed by atoms with Crippen LogP contribution >= 0.6 is 0 Å². The molecule has 0 spiro atoms. The van der Waals surface area contributed by atoms with Crippen LogP contribution in [0.2, 0.25) is 0 Å². The molecule has 2 aromatic rings. The summed E-state index contributed by atoms with van der Waals surface area (Å²) in [5, 5.41) is 0.530. The number of fused-ring (bicyclic) bond motifs is 1. The summed E-state index contributed by atoms with van der Waals surface area (Å²) in [6, 6.07) is 13.7. The fourth-order valence-corrected chi connectivity index (χ4v) is 2.82. The van der Waals surface area contributed by atoms with E-state index in [4.69, 9.17) is 9.57 Å². The number of hydrogen-bond donors (Lipinski definition) is 0. The Morgan fingerprint density at radius 1 is 1.00 bits per heavy atom. The maximum Gasteiger partial charge on any atom is 0.333 e. The van der Waals surface area contributed by atoms with E-state index in [1.165, 1.54) is 12.1 Å². The van der Waals surface area contributed by atoms with Gasteiger partial charge in [0.05, 0.1) is 24.7 Å². The van der Waals surface area contributed by atoms with Gasteiger partial charge < -0.3 is 9.57 Å². The fraction of sp³-hybridized carbons (Fsp3) is 0.211. The van der Waals surface area contributed by atoms with Crippen molar-refractivity contribution in [2.45, 2.75) is 19.3 Å². The summed E-state index contributed by atoms with van der Waals surface area (Å²) in [5.41, 5.74) is 1.32. The number of hydroxylamine groups is 2. The summed E-state index contributed by atoms with van der Waals surface area (Å²) in [6.07, 6.45) is 0.00772. The van der Waals surface area contributed by atoms with Gasteiger partial charge in [-0.15, -0.1) is 0 Å². The molecule has 2 aromatic carbocycles. The first kappa shape index (κ1) is 16.7. The molecule has 6 heteroatoms. The van der Waals surface area contributed by atoms with Crippen molar-refractivity contribution in [2.24, 2.45) is 0 Å². The van der Waals surface area contributed by atoms with E-state index in [1.807, 2.05) is 25.1 Å². The van der Waals surface area contributed by atoms with Gasteiger partial charge in [0, 0.05) is 0 Å². The molecule has 1 unspecified atom stereocenters. The SMILES string of the molecule is COc1ccccc1C(C)CC(=O)ON1C(=O)c2ccccc2C1=O. The predicted octanol–water partition coefficient (Wildman–Crippen LogP) is 2.94. The standard InChI is InChI=1S/C19H17NO5/c1-12(13-7-5-6-10-16(13)24-2)11-17(21)25-20-18(22)14-8-3-4-9-15(14)19(20)23/h3-10,12H,11H2,1-2H3. The molecule has 0 bridgehead atoms. The lowest BCUT2D eigenvalue weighted by Crippen LogP contribution is -2.33. The zero-order valence-corrected chi connectivity index (χ0v) is 13.9. The van der Waals surface area contributed by atoms with E-state index in [-0.39, 0.29) is 23.5 Å². The molecule has 2 amide bonds. The number of benzene rings is 2. The summed E-state index contributed by atoms with van der Waals surface area (Å²) in [4.78, 5) is 41.7. The highest BCUT2D eigenvalue weighted by atomic mass is 16.7. The van der Waals surface area contributed by atoms with Crippen LogP contribution in [0.5, 0.6) is 5.75 Å². The van der Waals surface area contributed by atoms with Gasteiger partial charge in [0.15, 0.2) is 0 Å². The zero-order valence-electron chi connectivity index (χ0n) is 13.9. The van der Waals surface area contributed by atoms with Gasteiger partial charge in [-0.3, -0.25) is 9.59 Å². The number of imide groups is 1. The van der Waals surface area contributed by atoms with Crippen molar-refractivity contribution in [1.29, 1.82) is 0 Å². The molecule has 1 atom stereocenters. The third-order valence-corrected chi connectivity index (χ3v) is 4.09. The maximum atomic E-state index is 12.2. The van der Waals surface area contributed by atoms with Gasteiger partial charge in [-0.2, -0.15) is 0 Å². The molecule has 1 aliphatic heterocycles. The minimum atomic E-state index is -0.659. The molecular weight excluding hydrogens is 322 g/mol. The van der Waals surface area contributed by atoms with E-state index in [0.717, 1.165) is 5.56 Å². The van der Waals surface area contributed by atoms with Crippen LogP contribution in [0, 0.1) is 0 Å². The van der Waals surface area contributed by atoms with Gasteiger partial charge in [0.2, 0.25) is 0 Å². The Balaban J connectivity index is 1.69. The number of carbonyl (C=O) groups is 3. The van der Waals surface area contributed by atoms with Crippen molar-refractivity contribution < 1.29 is 24.0 Å². The van der Waals surface area contributed by atoms with E-state index in [2.05, 4.69) is 0 Å². The van der Waals surface area contributed by atoms with Crippen LogP contribution in [0.3, 0.4) is 0 Å². The number of para-hydroxylation sites is 1. The van der Waals surface area contributed by atoms with Crippen LogP contribution in [0.15, 0.2) is 48.5 Å². The number of carbonyl (C=O) groups excluding carboxylic acids is 3. The van der Waals surface area contributed by atoms with Crippen LogP contribution < -0.4 is 4.74 Å². The molecule has 25 heavy (non-hydrogen) atoms. The normalized spacial score (nSPS) is 14.2. The Hall–Kier alpha value is -3.15. The first-order chi connectivity index (χ1) is 12.0. The molecule has 0 aliphatic carbocycles. The van der Waals surface area contributed by atoms with Crippen molar-refractivity contribution in [2.75, 3.05) is 7.11 Å². The monoisotopic (exact) mass is 339 g/mol. The highest BCUT2D eigenvalue weighted by Crippen LogP contribution is 2.29. The third kappa shape index (κ3) is 3.10. The van der Waals surface area contributed by atoms with Crippen molar-refractivity contribution in [3.63, 3.8) is 0 Å². The molecule has 0 saturated heterocycles. The largest absolute Gasteiger partial charge is 0.496 e. The average molecular weight is 339 g/mol. The van der Waals surface area contributed by atoms with E-state index in [1.54, 1.807) is 25.3 Å². The number of amides is 2. The van der Waals surface area contributed by atoms with E-state index in [0.29, 0.717) is 10.8 Å². The summed E-state index contributed by atoms with van der Waals surface area (Å²) < 4.78 is 5.29. The maximum absolute atomic E-state index is 12.2. The van der Waals surface area contributed by atoms with Crippen LogP contribution in [-0.4, -0.2) is 30.0 Å². The highest BCUT2D eigenvalue weighted by Gasteiger charge is 2.38. The second-order valence-electron chi connectivity index (χ2n) is 5.76. The van der Waals surface area contributed by atoms with Crippen molar-refractivity contribution >= 4 is 17.8 Å². The van der Waals surface area contributed by atoms with Crippen LogP contribution in [-0.2, 0) is 9.63 Å². The molecule has 1 heterocycles. The Bertz CT molecular complexity index is 810. The predicted molar refractivity (Wildman–Crippen MR) is 89.1 cm³/mol. The number of methoxy groups -OCH3 is 1. The topological polar surface area (TPSA) is 72.9 Å². The summed E-state index contributed by atoms with van der Waals surface area (Å²) >= 11 is 0. The summed E-state index contributed by atoms with van der Waals surface area (Å²) in [5.74, 6) is -1.44. The lowest BCUT2D eigenvalue weighted by atomic mass is 9.97. The number of nitrogens with zero attached hydrogens (tertiary/aromatic N) is 1. The summed E-state index contributed by atoms with van der Waals surface area (Å²) in [6.45, 7) is 1.85. The van der Waals surface area contributed by atoms with Crippen molar-refractivity contribution in [3.8, 4) is 5.75 Å². The smallest absolute Gasteiger partial charge is 0.333 e. The molecular formula is C19H17NO5. The Morgan fingerprint density at radius 3 is 2.16 bits per heavy atom. The second kappa shape index (κ2) is 6.76. The van der Waals surface area contributed by atoms with Crippen LogP contribution in [0.1, 0.15) is 45.5 Å². The van der Waals surface area contributed by atoms with Gasteiger partial charge in [0.1, 0.15) is 5.75 Å². The lowest BCUT2D eigenvalue weighted by Gasteiger charge is -2.17. The van der Waals surface area contributed by atoms with Crippen molar-refractivity contribution in [1.82, 2.24) is 5.06 Å². The van der Waals surface area contributed by atoms with Gasteiger partial charge >= 0.3 is 5.97 Å². The molecule has 0 saturated carbocycles. The van der Waals surface area contributed by atoms with Gasteiger partial charge in [-0.1, -0.05) is 42.3 Å². The molecule has 6 nitrogen and oxygen atoms in total. The third-order valence-electron chi connectivity index (χ3n) is 4.09. The Labute approximate surface area is 144 Å². The fourth-order valence-electron chi connectivity index (χ4n) is 2.82.